The van der Waals surface area contributed by atoms with Gasteiger partial charge in [0.15, 0.2) is 0 Å². The Bertz CT molecular complexity index is 158. The lowest BCUT2D eigenvalue weighted by Crippen LogP contribution is -2.29. The number of carboxylic acid groups (broad SMARTS) is 1. The Morgan fingerprint density at radius 1 is 1.43 bits per heavy atom. The molecule has 0 aromatic carbocycles. The molecule has 0 fully saturated rings. The molecule has 2 unspecified atom stereocenters. The average molecular weight is 204 g/mol. The summed E-state index contributed by atoms with van der Waals surface area (Å²) in [6.07, 6.45) is 2.41. The van der Waals surface area contributed by atoms with E-state index < -0.39 is 12.3 Å². The first kappa shape index (κ1) is 13.2. The molecule has 0 aliphatic rings. The van der Waals surface area contributed by atoms with Gasteiger partial charge in [-0.1, -0.05) is 26.2 Å². The predicted molar refractivity (Wildman–Crippen MR) is 53.5 cm³/mol. The van der Waals surface area contributed by atoms with E-state index in [1.165, 1.54) is 0 Å². The minimum atomic E-state index is -1.24. The van der Waals surface area contributed by atoms with E-state index in [1.807, 2.05) is 0 Å². The molecule has 0 amide bonds. The normalized spacial score (nSPS) is 14.8. The molecule has 14 heavy (non-hydrogen) atoms. The van der Waals surface area contributed by atoms with Crippen LogP contribution in [0.25, 0.3) is 0 Å². The lowest BCUT2D eigenvalue weighted by molar-refractivity contribution is -0.0338. The molecule has 84 valence electrons. The molecule has 0 aromatic rings. The molecule has 4 nitrogen and oxygen atoms in total. The minimum absolute atomic E-state index is 0.127. The van der Waals surface area contributed by atoms with Crippen LogP contribution in [0.1, 0.15) is 39.5 Å². The van der Waals surface area contributed by atoms with E-state index >= 15 is 0 Å². The van der Waals surface area contributed by atoms with Gasteiger partial charge in [-0.2, -0.15) is 0 Å². The molecule has 2 atom stereocenters. The van der Waals surface area contributed by atoms with Crippen LogP contribution < -0.4 is 0 Å². The van der Waals surface area contributed by atoms with Crippen LogP contribution in [0.5, 0.6) is 0 Å². The Hall–Kier alpha value is -0.770. The predicted octanol–water partition coefficient (Wildman–Crippen LogP) is 2.66. The number of ether oxygens (including phenoxy) is 2. The number of unbranched alkanes of at least 4 members (excludes halogenated alkanes) is 2. The standard InChI is InChI=1S/C10H20O4/c1-4-5-6-7-9(13-3)8(2)14-10(11)12/h8-9H,4-7H2,1-3H3,(H,11,12). The molecule has 0 saturated heterocycles. The van der Waals surface area contributed by atoms with Gasteiger partial charge in [0.2, 0.25) is 0 Å². The van der Waals surface area contributed by atoms with Crippen molar-refractivity contribution in [2.75, 3.05) is 7.11 Å². The molecule has 0 aliphatic carbocycles. The third-order valence-corrected chi connectivity index (χ3v) is 2.21. The van der Waals surface area contributed by atoms with E-state index in [9.17, 15) is 4.79 Å². The fourth-order valence-electron chi connectivity index (χ4n) is 1.37. The lowest BCUT2D eigenvalue weighted by atomic mass is 10.1. The number of methoxy groups -OCH3 is 1. The quantitative estimate of drug-likeness (QED) is 0.511. The van der Waals surface area contributed by atoms with Gasteiger partial charge in [0.1, 0.15) is 6.10 Å². The van der Waals surface area contributed by atoms with Gasteiger partial charge in [0, 0.05) is 7.11 Å². The maximum atomic E-state index is 10.3. The van der Waals surface area contributed by atoms with Crippen molar-refractivity contribution in [2.24, 2.45) is 0 Å². The van der Waals surface area contributed by atoms with Crippen LogP contribution in [-0.2, 0) is 9.47 Å². The molecule has 0 heterocycles. The van der Waals surface area contributed by atoms with Crippen molar-refractivity contribution < 1.29 is 19.4 Å². The molecule has 0 bridgehead atoms. The van der Waals surface area contributed by atoms with Crippen molar-refractivity contribution in [2.45, 2.75) is 51.7 Å². The van der Waals surface area contributed by atoms with Crippen molar-refractivity contribution in [1.82, 2.24) is 0 Å². The van der Waals surface area contributed by atoms with Crippen LogP contribution in [0.3, 0.4) is 0 Å². The molecule has 0 aliphatic heterocycles. The summed E-state index contributed by atoms with van der Waals surface area (Å²) < 4.78 is 9.80. The van der Waals surface area contributed by atoms with Gasteiger partial charge in [0.05, 0.1) is 6.10 Å². The fraction of sp³-hybridized carbons (Fsp3) is 0.900. The fourth-order valence-corrected chi connectivity index (χ4v) is 1.37. The highest BCUT2D eigenvalue weighted by molar-refractivity contribution is 5.57. The third kappa shape index (κ3) is 5.80. The summed E-state index contributed by atoms with van der Waals surface area (Å²) in [5.41, 5.74) is 0. The second-order valence-electron chi connectivity index (χ2n) is 3.36. The number of rotatable bonds is 7. The Labute approximate surface area is 85.2 Å². The highest BCUT2D eigenvalue weighted by Crippen LogP contribution is 2.12. The van der Waals surface area contributed by atoms with Gasteiger partial charge < -0.3 is 14.6 Å². The van der Waals surface area contributed by atoms with E-state index in [0.29, 0.717) is 0 Å². The zero-order valence-corrected chi connectivity index (χ0v) is 9.16. The van der Waals surface area contributed by atoms with Crippen molar-refractivity contribution in [1.29, 1.82) is 0 Å². The largest absolute Gasteiger partial charge is 0.506 e. The zero-order valence-electron chi connectivity index (χ0n) is 9.16. The third-order valence-electron chi connectivity index (χ3n) is 2.21. The van der Waals surface area contributed by atoms with Gasteiger partial charge in [0.25, 0.3) is 0 Å². The summed E-state index contributed by atoms with van der Waals surface area (Å²) in [5, 5.41) is 8.42. The van der Waals surface area contributed by atoms with Crippen LogP contribution in [0.2, 0.25) is 0 Å². The van der Waals surface area contributed by atoms with Gasteiger partial charge in [-0.15, -0.1) is 0 Å². The highest BCUT2D eigenvalue weighted by atomic mass is 16.7. The molecule has 0 spiro atoms. The maximum Gasteiger partial charge on any atom is 0.506 e. The average Bonchev–Trinajstić information content (AvgIpc) is 2.11. The van der Waals surface area contributed by atoms with Crippen molar-refractivity contribution >= 4 is 6.16 Å². The summed E-state index contributed by atoms with van der Waals surface area (Å²) >= 11 is 0. The lowest BCUT2D eigenvalue weighted by Gasteiger charge is -2.21. The van der Waals surface area contributed by atoms with E-state index in [4.69, 9.17) is 9.84 Å². The van der Waals surface area contributed by atoms with E-state index in [2.05, 4.69) is 11.7 Å². The van der Waals surface area contributed by atoms with Crippen LogP contribution >= 0.6 is 0 Å². The van der Waals surface area contributed by atoms with E-state index in [-0.39, 0.29) is 6.10 Å². The first-order valence-electron chi connectivity index (χ1n) is 5.04. The Morgan fingerprint density at radius 2 is 2.07 bits per heavy atom. The summed E-state index contributed by atoms with van der Waals surface area (Å²) in [7, 11) is 1.58. The molecule has 0 radical (unpaired) electrons. The smallest absolute Gasteiger partial charge is 0.450 e. The van der Waals surface area contributed by atoms with Crippen molar-refractivity contribution in [3.63, 3.8) is 0 Å². The summed E-state index contributed by atoms with van der Waals surface area (Å²) in [4.78, 5) is 10.3. The SMILES string of the molecule is CCCCCC(OC)C(C)OC(=O)O. The highest BCUT2D eigenvalue weighted by Gasteiger charge is 2.19. The van der Waals surface area contributed by atoms with E-state index in [0.717, 1.165) is 25.7 Å². The van der Waals surface area contributed by atoms with Crippen LogP contribution in [0.15, 0.2) is 0 Å². The number of carbonyl (C=O) groups is 1. The molecular formula is C10H20O4. The van der Waals surface area contributed by atoms with Gasteiger partial charge in [-0.25, -0.2) is 4.79 Å². The summed E-state index contributed by atoms with van der Waals surface area (Å²) in [5.74, 6) is 0. The van der Waals surface area contributed by atoms with Gasteiger partial charge in [-0.3, -0.25) is 0 Å². The Balaban J connectivity index is 3.80. The first-order valence-corrected chi connectivity index (χ1v) is 5.04. The number of hydrogen-bond donors (Lipinski definition) is 1. The molecule has 0 rings (SSSR count). The topological polar surface area (TPSA) is 55.8 Å². The van der Waals surface area contributed by atoms with Crippen LogP contribution in [0, 0.1) is 0 Å². The number of hydrogen-bond acceptors (Lipinski definition) is 3. The summed E-state index contributed by atoms with van der Waals surface area (Å²) in [6.45, 7) is 3.84. The molecular weight excluding hydrogens is 184 g/mol. The molecule has 0 saturated carbocycles. The van der Waals surface area contributed by atoms with Crippen molar-refractivity contribution in [3.05, 3.63) is 0 Å². The zero-order chi connectivity index (χ0) is 11.0. The first-order chi connectivity index (χ1) is 6.61. The molecule has 4 heteroatoms. The van der Waals surface area contributed by atoms with Gasteiger partial charge >= 0.3 is 6.16 Å². The monoisotopic (exact) mass is 204 g/mol. The van der Waals surface area contributed by atoms with Crippen LogP contribution in [0.4, 0.5) is 4.79 Å². The summed E-state index contributed by atoms with van der Waals surface area (Å²) in [6, 6.07) is 0. The second-order valence-corrected chi connectivity index (χ2v) is 3.36. The molecule has 1 N–H and O–H groups in total. The Morgan fingerprint density at radius 3 is 2.50 bits per heavy atom. The van der Waals surface area contributed by atoms with E-state index in [1.54, 1.807) is 14.0 Å². The second kappa shape index (κ2) is 7.62. The van der Waals surface area contributed by atoms with Crippen molar-refractivity contribution in [3.8, 4) is 0 Å². The Kier molecular flexibility index (Phi) is 7.20. The maximum absolute atomic E-state index is 10.3. The minimum Gasteiger partial charge on any atom is -0.450 e. The molecule has 0 aromatic heterocycles. The van der Waals surface area contributed by atoms with Gasteiger partial charge in [-0.05, 0) is 13.3 Å². The van der Waals surface area contributed by atoms with Crippen LogP contribution in [-0.4, -0.2) is 30.6 Å².